The van der Waals surface area contributed by atoms with E-state index in [1.807, 2.05) is 0 Å². The van der Waals surface area contributed by atoms with E-state index in [9.17, 15) is 26.7 Å². The molecule has 0 aliphatic rings. The lowest BCUT2D eigenvalue weighted by Gasteiger charge is -2.13. The third kappa shape index (κ3) is 2.66. The van der Waals surface area contributed by atoms with Gasteiger partial charge in [0.05, 0.1) is 7.11 Å². The van der Waals surface area contributed by atoms with Crippen molar-refractivity contribution in [2.75, 3.05) is 7.11 Å². The van der Waals surface area contributed by atoms with Crippen molar-refractivity contribution in [3.8, 4) is 5.88 Å². The van der Waals surface area contributed by atoms with Gasteiger partial charge >= 0.3 is 12.1 Å². The van der Waals surface area contributed by atoms with E-state index < -0.39 is 41.3 Å². The Balaban J connectivity index is 3.59. The SMILES string of the molecule is COc1nc(C(F)(F)F)cc(C(F)F)c1C(=O)O. The number of carbonyl (C=O) groups is 1. The van der Waals surface area contributed by atoms with Crippen LogP contribution in [0.3, 0.4) is 0 Å². The molecule has 4 nitrogen and oxygen atoms in total. The molecule has 1 heterocycles. The first-order valence-corrected chi connectivity index (χ1v) is 4.36. The molecule has 0 amide bonds. The van der Waals surface area contributed by atoms with E-state index in [0.717, 1.165) is 7.11 Å². The highest BCUT2D eigenvalue weighted by Gasteiger charge is 2.36. The molecule has 0 atom stereocenters. The average Bonchev–Trinajstić information content (AvgIpc) is 2.25. The van der Waals surface area contributed by atoms with Gasteiger partial charge in [0.25, 0.3) is 6.43 Å². The molecular weight excluding hydrogens is 265 g/mol. The number of hydrogen-bond acceptors (Lipinski definition) is 3. The fourth-order valence-electron chi connectivity index (χ4n) is 1.22. The van der Waals surface area contributed by atoms with Crippen LogP contribution < -0.4 is 4.74 Å². The topological polar surface area (TPSA) is 59.4 Å². The van der Waals surface area contributed by atoms with Crippen molar-refractivity contribution in [1.82, 2.24) is 4.98 Å². The Bertz CT molecular complexity index is 472. The first kappa shape index (κ1) is 14.1. The van der Waals surface area contributed by atoms with Gasteiger partial charge in [0.15, 0.2) is 0 Å². The van der Waals surface area contributed by atoms with Crippen LogP contribution in [0, 0.1) is 0 Å². The Labute approximate surface area is 97.0 Å². The van der Waals surface area contributed by atoms with E-state index in [0.29, 0.717) is 0 Å². The predicted octanol–water partition coefficient (Wildman–Crippen LogP) is 2.74. The number of pyridine rings is 1. The minimum atomic E-state index is -4.98. The Morgan fingerprint density at radius 2 is 2.00 bits per heavy atom. The molecule has 9 heteroatoms. The quantitative estimate of drug-likeness (QED) is 0.859. The molecule has 18 heavy (non-hydrogen) atoms. The zero-order valence-electron chi connectivity index (χ0n) is 8.76. The zero-order valence-corrected chi connectivity index (χ0v) is 8.76. The van der Waals surface area contributed by atoms with E-state index in [-0.39, 0.29) is 6.07 Å². The van der Waals surface area contributed by atoms with Crippen LogP contribution in [-0.2, 0) is 6.18 Å². The van der Waals surface area contributed by atoms with Gasteiger partial charge in [-0.1, -0.05) is 0 Å². The highest BCUT2D eigenvalue weighted by Crippen LogP contribution is 2.35. The van der Waals surface area contributed by atoms with Crippen LogP contribution in [-0.4, -0.2) is 23.2 Å². The number of nitrogens with zero attached hydrogens (tertiary/aromatic N) is 1. The van der Waals surface area contributed by atoms with Crippen LogP contribution in [0.15, 0.2) is 6.07 Å². The molecule has 0 aromatic carbocycles. The molecule has 1 N–H and O–H groups in total. The Morgan fingerprint density at radius 1 is 1.44 bits per heavy atom. The summed E-state index contributed by atoms with van der Waals surface area (Å²) in [5.41, 5.74) is -4.01. The molecule has 0 unspecified atom stereocenters. The third-order valence-electron chi connectivity index (χ3n) is 1.95. The molecule has 0 spiro atoms. The molecule has 0 aliphatic carbocycles. The maximum absolute atomic E-state index is 12.6. The normalized spacial score (nSPS) is 11.7. The maximum atomic E-state index is 12.6. The van der Waals surface area contributed by atoms with Gasteiger partial charge in [0.1, 0.15) is 11.3 Å². The van der Waals surface area contributed by atoms with Gasteiger partial charge in [-0.3, -0.25) is 0 Å². The number of hydrogen-bond donors (Lipinski definition) is 1. The molecule has 0 saturated heterocycles. The monoisotopic (exact) mass is 271 g/mol. The summed E-state index contributed by atoms with van der Waals surface area (Å²) in [6.07, 6.45) is -8.37. The molecule has 0 fully saturated rings. The van der Waals surface area contributed by atoms with Crippen LogP contribution in [0.4, 0.5) is 22.0 Å². The van der Waals surface area contributed by atoms with Crippen molar-refractivity contribution in [2.45, 2.75) is 12.6 Å². The van der Waals surface area contributed by atoms with E-state index in [4.69, 9.17) is 5.11 Å². The summed E-state index contributed by atoms with van der Waals surface area (Å²) in [5, 5.41) is 8.69. The van der Waals surface area contributed by atoms with Gasteiger partial charge in [-0.15, -0.1) is 0 Å². The highest BCUT2D eigenvalue weighted by molar-refractivity contribution is 5.92. The fourth-order valence-corrected chi connectivity index (χ4v) is 1.22. The number of rotatable bonds is 3. The summed E-state index contributed by atoms with van der Waals surface area (Å²) >= 11 is 0. The van der Waals surface area contributed by atoms with Crippen LogP contribution in [0.2, 0.25) is 0 Å². The minimum Gasteiger partial charge on any atom is -0.480 e. The molecule has 0 aliphatic heterocycles. The number of carboxylic acids is 1. The number of ether oxygens (including phenoxy) is 1. The lowest BCUT2D eigenvalue weighted by molar-refractivity contribution is -0.141. The first-order chi connectivity index (χ1) is 8.18. The lowest BCUT2D eigenvalue weighted by Crippen LogP contribution is -2.14. The van der Waals surface area contributed by atoms with Crippen LogP contribution in [0.1, 0.15) is 28.0 Å². The summed E-state index contributed by atoms with van der Waals surface area (Å²) in [6, 6.07) is -0.00333. The minimum absolute atomic E-state index is 0.00333. The van der Waals surface area contributed by atoms with Crippen molar-refractivity contribution in [3.05, 3.63) is 22.9 Å². The van der Waals surface area contributed by atoms with Crippen molar-refractivity contribution < 1.29 is 36.6 Å². The van der Waals surface area contributed by atoms with Crippen molar-refractivity contribution in [3.63, 3.8) is 0 Å². The van der Waals surface area contributed by atoms with Crippen LogP contribution >= 0.6 is 0 Å². The third-order valence-corrected chi connectivity index (χ3v) is 1.95. The Morgan fingerprint density at radius 3 is 2.33 bits per heavy atom. The van der Waals surface area contributed by atoms with Crippen LogP contribution in [0.25, 0.3) is 0 Å². The van der Waals surface area contributed by atoms with Gasteiger partial charge in [-0.25, -0.2) is 18.6 Å². The standard InChI is InChI=1S/C9H6F5NO3/c1-18-7-5(8(16)17)3(6(10)11)2-4(15-7)9(12,13)14/h2,6H,1H3,(H,16,17). The molecule has 0 saturated carbocycles. The Kier molecular flexibility index (Phi) is 3.73. The number of carboxylic acid groups (broad SMARTS) is 1. The number of aromatic carboxylic acids is 1. The van der Waals surface area contributed by atoms with Gasteiger partial charge in [-0.2, -0.15) is 13.2 Å². The van der Waals surface area contributed by atoms with E-state index in [2.05, 4.69) is 9.72 Å². The van der Waals surface area contributed by atoms with Gasteiger partial charge in [0, 0.05) is 5.56 Å². The number of alkyl halides is 5. The van der Waals surface area contributed by atoms with Crippen molar-refractivity contribution >= 4 is 5.97 Å². The summed E-state index contributed by atoms with van der Waals surface area (Å²) in [5.74, 6) is -2.85. The molecule has 1 aromatic heterocycles. The highest BCUT2D eigenvalue weighted by atomic mass is 19.4. The molecule has 0 radical (unpaired) electrons. The predicted molar refractivity (Wildman–Crippen MR) is 47.7 cm³/mol. The second-order valence-electron chi connectivity index (χ2n) is 3.08. The van der Waals surface area contributed by atoms with Crippen molar-refractivity contribution in [2.24, 2.45) is 0 Å². The van der Waals surface area contributed by atoms with Crippen molar-refractivity contribution in [1.29, 1.82) is 0 Å². The molecule has 1 rings (SSSR count). The zero-order chi connectivity index (χ0) is 14.1. The number of aromatic nitrogens is 1. The molecule has 0 bridgehead atoms. The van der Waals surface area contributed by atoms with Crippen LogP contribution in [0.5, 0.6) is 5.88 Å². The lowest BCUT2D eigenvalue weighted by atomic mass is 10.1. The van der Waals surface area contributed by atoms with E-state index in [1.54, 1.807) is 0 Å². The molecule has 100 valence electrons. The summed E-state index contributed by atoms with van der Waals surface area (Å²) in [7, 11) is 0.837. The van der Waals surface area contributed by atoms with E-state index in [1.165, 1.54) is 0 Å². The average molecular weight is 271 g/mol. The first-order valence-electron chi connectivity index (χ1n) is 4.36. The maximum Gasteiger partial charge on any atom is 0.433 e. The second kappa shape index (κ2) is 4.75. The van der Waals surface area contributed by atoms with Gasteiger partial charge < -0.3 is 9.84 Å². The van der Waals surface area contributed by atoms with E-state index >= 15 is 0 Å². The number of methoxy groups -OCH3 is 1. The smallest absolute Gasteiger partial charge is 0.433 e. The number of halogens is 5. The molecular formula is C9H6F5NO3. The summed E-state index contributed by atoms with van der Waals surface area (Å²) in [6.45, 7) is 0. The fraction of sp³-hybridized carbons (Fsp3) is 0.333. The summed E-state index contributed by atoms with van der Waals surface area (Å²) < 4.78 is 66.5. The molecule has 1 aromatic rings. The largest absolute Gasteiger partial charge is 0.480 e. The van der Waals surface area contributed by atoms with Gasteiger partial charge in [0.2, 0.25) is 5.88 Å². The Hall–Kier alpha value is -1.93. The summed E-state index contributed by atoms with van der Waals surface area (Å²) in [4.78, 5) is 13.6. The second-order valence-corrected chi connectivity index (χ2v) is 3.08. The van der Waals surface area contributed by atoms with Gasteiger partial charge in [-0.05, 0) is 6.07 Å².